The summed E-state index contributed by atoms with van der Waals surface area (Å²) in [6.45, 7) is 2.60. The highest BCUT2D eigenvalue weighted by atomic mass is 16.1. The van der Waals surface area contributed by atoms with Gasteiger partial charge in [-0.25, -0.2) is 0 Å². The van der Waals surface area contributed by atoms with Gasteiger partial charge in [0.25, 0.3) is 0 Å². The molecule has 0 aromatic heterocycles. The average Bonchev–Trinajstić information content (AvgIpc) is 2.39. The summed E-state index contributed by atoms with van der Waals surface area (Å²) in [5, 5.41) is 11.4. The standard InChI is InChI=1S/C14H20N4O/c1-11(7-9-15)18(2)10-8-14(19)17-13-5-3-12(16)4-6-13/h3-6,11H,7-8,10,16H2,1-2H3,(H,17,19). The van der Waals surface area contributed by atoms with E-state index < -0.39 is 0 Å². The Bertz CT molecular complexity index is 450. The van der Waals surface area contributed by atoms with Gasteiger partial charge in [0.1, 0.15) is 0 Å². The number of carbonyl (C=O) groups is 1. The van der Waals surface area contributed by atoms with E-state index in [0.29, 0.717) is 25.1 Å². The number of nitriles is 1. The molecule has 1 atom stereocenters. The summed E-state index contributed by atoms with van der Waals surface area (Å²) >= 11 is 0. The lowest BCUT2D eigenvalue weighted by molar-refractivity contribution is -0.116. The second kappa shape index (κ2) is 7.39. The second-order valence-electron chi connectivity index (χ2n) is 4.61. The summed E-state index contributed by atoms with van der Waals surface area (Å²) in [6.07, 6.45) is 0.868. The molecule has 1 amide bonds. The van der Waals surface area contributed by atoms with E-state index in [-0.39, 0.29) is 11.9 Å². The Hall–Kier alpha value is -2.06. The van der Waals surface area contributed by atoms with Gasteiger partial charge >= 0.3 is 0 Å². The van der Waals surface area contributed by atoms with E-state index >= 15 is 0 Å². The topological polar surface area (TPSA) is 82.2 Å². The van der Waals surface area contributed by atoms with E-state index in [1.807, 2.05) is 18.9 Å². The summed E-state index contributed by atoms with van der Waals surface area (Å²) in [7, 11) is 1.92. The Labute approximate surface area is 114 Å². The van der Waals surface area contributed by atoms with E-state index in [4.69, 9.17) is 11.0 Å². The van der Waals surface area contributed by atoms with Crippen molar-refractivity contribution in [3.63, 3.8) is 0 Å². The SMILES string of the molecule is CC(CC#N)N(C)CCC(=O)Nc1ccc(N)cc1. The van der Waals surface area contributed by atoms with Gasteiger partial charge < -0.3 is 16.0 Å². The lowest BCUT2D eigenvalue weighted by Crippen LogP contribution is -2.31. The van der Waals surface area contributed by atoms with Crippen LogP contribution in [0, 0.1) is 11.3 Å². The number of amides is 1. The van der Waals surface area contributed by atoms with Crippen LogP contribution in [0.2, 0.25) is 0 Å². The number of nitrogen functional groups attached to an aromatic ring is 1. The van der Waals surface area contributed by atoms with Gasteiger partial charge in [0, 0.05) is 30.4 Å². The van der Waals surface area contributed by atoms with Crippen LogP contribution in [0.15, 0.2) is 24.3 Å². The van der Waals surface area contributed by atoms with Crippen molar-refractivity contribution in [2.24, 2.45) is 0 Å². The first-order valence-corrected chi connectivity index (χ1v) is 6.25. The van der Waals surface area contributed by atoms with Gasteiger partial charge in [-0.05, 0) is 38.2 Å². The van der Waals surface area contributed by atoms with Crippen molar-refractivity contribution >= 4 is 17.3 Å². The minimum Gasteiger partial charge on any atom is -0.399 e. The third kappa shape index (κ3) is 5.40. The summed E-state index contributed by atoms with van der Waals surface area (Å²) in [6, 6.07) is 9.33. The van der Waals surface area contributed by atoms with Crippen molar-refractivity contribution in [3.05, 3.63) is 24.3 Å². The normalized spacial score (nSPS) is 11.9. The molecular weight excluding hydrogens is 240 g/mol. The molecule has 0 aliphatic rings. The first-order chi connectivity index (χ1) is 9.02. The number of hydrogen-bond acceptors (Lipinski definition) is 4. The zero-order chi connectivity index (χ0) is 14.3. The molecule has 1 aromatic rings. The molecule has 0 saturated carbocycles. The monoisotopic (exact) mass is 260 g/mol. The Kier molecular flexibility index (Phi) is 5.83. The molecule has 0 bridgehead atoms. The molecule has 3 N–H and O–H groups in total. The molecule has 0 spiro atoms. The molecule has 19 heavy (non-hydrogen) atoms. The number of hydrogen-bond donors (Lipinski definition) is 2. The quantitative estimate of drug-likeness (QED) is 0.764. The molecule has 5 heteroatoms. The van der Waals surface area contributed by atoms with Crippen LogP contribution in [-0.2, 0) is 4.79 Å². The van der Waals surface area contributed by atoms with E-state index in [9.17, 15) is 4.79 Å². The minimum atomic E-state index is -0.0409. The predicted octanol–water partition coefficient (Wildman–Crippen LogP) is 1.83. The molecule has 1 aromatic carbocycles. The lowest BCUT2D eigenvalue weighted by Gasteiger charge is -2.22. The van der Waals surface area contributed by atoms with Crippen LogP contribution in [0.3, 0.4) is 0 Å². The predicted molar refractivity (Wildman–Crippen MR) is 76.4 cm³/mol. The number of rotatable bonds is 6. The summed E-state index contributed by atoms with van der Waals surface area (Å²) < 4.78 is 0. The summed E-state index contributed by atoms with van der Waals surface area (Å²) in [4.78, 5) is 13.8. The van der Waals surface area contributed by atoms with Crippen molar-refractivity contribution in [3.8, 4) is 6.07 Å². The fourth-order valence-electron chi connectivity index (χ4n) is 1.58. The Morgan fingerprint density at radius 3 is 2.68 bits per heavy atom. The van der Waals surface area contributed by atoms with Gasteiger partial charge in [0.2, 0.25) is 5.91 Å². The average molecular weight is 260 g/mol. The van der Waals surface area contributed by atoms with Gasteiger partial charge in [-0.3, -0.25) is 4.79 Å². The molecule has 0 fully saturated rings. The molecule has 0 heterocycles. The highest BCUT2D eigenvalue weighted by molar-refractivity contribution is 5.90. The maximum absolute atomic E-state index is 11.7. The summed E-state index contributed by atoms with van der Waals surface area (Å²) in [5.74, 6) is -0.0409. The maximum atomic E-state index is 11.7. The zero-order valence-electron chi connectivity index (χ0n) is 11.4. The highest BCUT2D eigenvalue weighted by Crippen LogP contribution is 2.11. The number of nitrogens with two attached hydrogens (primary N) is 1. The van der Waals surface area contributed by atoms with Crippen LogP contribution in [0.1, 0.15) is 19.8 Å². The Balaban J connectivity index is 2.36. The summed E-state index contributed by atoms with van der Waals surface area (Å²) in [5.41, 5.74) is 6.98. The largest absolute Gasteiger partial charge is 0.399 e. The molecule has 1 unspecified atom stereocenters. The number of nitrogens with one attached hydrogen (secondary N) is 1. The van der Waals surface area contributed by atoms with Crippen LogP contribution < -0.4 is 11.1 Å². The molecule has 5 nitrogen and oxygen atoms in total. The van der Waals surface area contributed by atoms with E-state index in [0.717, 1.165) is 5.69 Å². The number of benzene rings is 1. The van der Waals surface area contributed by atoms with Crippen molar-refractivity contribution < 1.29 is 4.79 Å². The van der Waals surface area contributed by atoms with E-state index in [1.165, 1.54) is 0 Å². The molecule has 0 radical (unpaired) electrons. The molecule has 0 aliphatic heterocycles. The van der Waals surface area contributed by atoms with Crippen molar-refractivity contribution in [1.82, 2.24) is 4.90 Å². The molecule has 102 valence electrons. The van der Waals surface area contributed by atoms with Crippen molar-refractivity contribution in [2.45, 2.75) is 25.8 Å². The van der Waals surface area contributed by atoms with E-state index in [1.54, 1.807) is 24.3 Å². The zero-order valence-corrected chi connectivity index (χ0v) is 11.4. The van der Waals surface area contributed by atoms with Gasteiger partial charge in [0.05, 0.1) is 12.5 Å². The number of nitrogens with zero attached hydrogens (tertiary/aromatic N) is 2. The van der Waals surface area contributed by atoms with Crippen LogP contribution in [0.5, 0.6) is 0 Å². The molecule has 0 aliphatic carbocycles. The third-order valence-electron chi connectivity index (χ3n) is 3.03. The van der Waals surface area contributed by atoms with Gasteiger partial charge in [-0.1, -0.05) is 0 Å². The van der Waals surface area contributed by atoms with Crippen LogP contribution >= 0.6 is 0 Å². The van der Waals surface area contributed by atoms with Crippen molar-refractivity contribution in [1.29, 1.82) is 5.26 Å². The van der Waals surface area contributed by atoms with Gasteiger partial charge in [-0.15, -0.1) is 0 Å². The molecule has 0 saturated heterocycles. The highest BCUT2D eigenvalue weighted by Gasteiger charge is 2.10. The third-order valence-corrected chi connectivity index (χ3v) is 3.03. The van der Waals surface area contributed by atoms with E-state index in [2.05, 4.69) is 11.4 Å². The van der Waals surface area contributed by atoms with Crippen LogP contribution in [0.4, 0.5) is 11.4 Å². The van der Waals surface area contributed by atoms with Gasteiger partial charge in [-0.2, -0.15) is 5.26 Å². The number of anilines is 2. The molecular formula is C14H20N4O. The molecule has 1 rings (SSSR count). The lowest BCUT2D eigenvalue weighted by atomic mass is 10.2. The fraction of sp³-hybridized carbons (Fsp3) is 0.429. The Morgan fingerprint density at radius 2 is 2.11 bits per heavy atom. The maximum Gasteiger partial charge on any atom is 0.225 e. The Morgan fingerprint density at radius 1 is 1.47 bits per heavy atom. The smallest absolute Gasteiger partial charge is 0.225 e. The first-order valence-electron chi connectivity index (χ1n) is 6.25. The van der Waals surface area contributed by atoms with Crippen molar-refractivity contribution in [2.75, 3.05) is 24.6 Å². The minimum absolute atomic E-state index is 0.0409. The fourth-order valence-corrected chi connectivity index (χ4v) is 1.58. The second-order valence-corrected chi connectivity index (χ2v) is 4.61. The van der Waals surface area contributed by atoms with Crippen LogP contribution in [-0.4, -0.2) is 30.4 Å². The first kappa shape index (κ1) is 15.0. The van der Waals surface area contributed by atoms with Crippen LogP contribution in [0.25, 0.3) is 0 Å². The number of carbonyl (C=O) groups excluding carboxylic acids is 1. The van der Waals surface area contributed by atoms with Gasteiger partial charge in [0.15, 0.2) is 0 Å².